The predicted molar refractivity (Wildman–Crippen MR) is 113 cm³/mol. The maximum atomic E-state index is 12.4. The molecular weight excluding hydrogens is 414 g/mol. The Morgan fingerprint density at radius 2 is 1.63 bits per heavy atom. The first-order valence-electron chi connectivity index (χ1n) is 9.60. The Labute approximate surface area is 180 Å². The molecular formula is C18H33N5O6S. The number of rotatable bonds is 15. The highest BCUT2D eigenvalue weighted by Crippen LogP contribution is 2.05. The molecule has 4 amide bonds. The summed E-state index contributed by atoms with van der Waals surface area (Å²) in [5.41, 5.74) is 10.9. The molecule has 3 unspecified atom stereocenters. The maximum absolute atomic E-state index is 12.4. The molecule has 0 radical (unpaired) electrons. The van der Waals surface area contributed by atoms with E-state index in [1.165, 1.54) is 11.8 Å². The fourth-order valence-corrected chi connectivity index (χ4v) is 2.93. The van der Waals surface area contributed by atoms with E-state index in [1.54, 1.807) is 0 Å². The number of hydrogen-bond donors (Lipinski definition) is 6. The minimum absolute atomic E-state index is 0.0460. The summed E-state index contributed by atoms with van der Waals surface area (Å²) in [6.45, 7) is 3.15. The van der Waals surface area contributed by atoms with Crippen LogP contribution >= 0.6 is 11.8 Å². The van der Waals surface area contributed by atoms with Crippen LogP contribution in [0.15, 0.2) is 0 Å². The second-order valence-electron chi connectivity index (χ2n) is 7.26. The van der Waals surface area contributed by atoms with Gasteiger partial charge in [-0.1, -0.05) is 13.8 Å². The third kappa shape index (κ3) is 12.3. The molecule has 8 N–H and O–H groups in total. The monoisotopic (exact) mass is 447 g/mol. The molecule has 172 valence electrons. The maximum Gasteiger partial charge on any atom is 0.326 e. The molecule has 0 aliphatic carbocycles. The van der Waals surface area contributed by atoms with Crippen molar-refractivity contribution >= 4 is 41.4 Å². The Kier molecular flexibility index (Phi) is 13.5. The van der Waals surface area contributed by atoms with Gasteiger partial charge in [0, 0.05) is 6.42 Å². The van der Waals surface area contributed by atoms with Crippen LogP contribution in [0.5, 0.6) is 0 Å². The van der Waals surface area contributed by atoms with Crippen molar-refractivity contribution in [2.24, 2.45) is 17.4 Å². The third-order valence-electron chi connectivity index (χ3n) is 4.05. The van der Waals surface area contributed by atoms with Gasteiger partial charge in [-0.2, -0.15) is 11.8 Å². The number of carbonyl (C=O) groups excluding carboxylic acids is 4. The van der Waals surface area contributed by atoms with E-state index in [2.05, 4.69) is 16.0 Å². The molecule has 12 heteroatoms. The molecule has 0 spiro atoms. The van der Waals surface area contributed by atoms with E-state index in [9.17, 15) is 24.0 Å². The average molecular weight is 448 g/mol. The summed E-state index contributed by atoms with van der Waals surface area (Å²) < 4.78 is 0. The van der Waals surface area contributed by atoms with Crippen molar-refractivity contribution < 1.29 is 29.1 Å². The van der Waals surface area contributed by atoms with Crippen LogP contribution in [-0.4, -0.2) is 71.4 Å². The highest BCUT2D eigenvalue weighted by atomic mass is 32.2. The van der Waals surface area contributed by atoms with Crippen LogP contribution in [0.25, 0.3) is 0 Å². The predicted octanol–water partition coefficient (Wildman–Crippen LogP) is -1.45. The highest BCUT2D eigenvalue weighted by molar-refractivity contribution is 7.98. The summed E-state index contributed by atoms with van der Waals surface area (Å²) in [5, 5.41) is 16.3. The van der Waals surface area contributed by atoms with Gasteiger partial charge in [0.05, 0.1) is 12.6 Å². The van der Waals surface area contributed by atoms with Crippen molar-refractivity contribution in [2.45, 2.75) is 57.7 Å². The molecule has 0 aromatic carbocycles. The molecule has 0 rings (SSSR count). The number of thioether (sulfide) groups is 1. The fraction of sp³-hybridized carbons (Fsp3) is 0.722. The topological polar surface area (TPSA) is 194 Å². The molecule has 11 nitrogen and oxygen atoms in total. The van der Waals surface area contributed by atoms with Crippen molar-refractivity contribution in [3.05, 3.63) is 0 Å². The molecule has 0 aliphatic rings. The van der Waals surface area contributed by atoms with Gasteiger partial charge in [0.15, 0.2) is 0 Å². The SMILES string of the molecule is CSCCC(N)C(=O)NC(CCC(N)=O)C(=O)NCC(=O)NC(CC(C)C)C(=O)O. The summed E-state index contributed by atoms with van der Waals surface area (Å²) in [6.07, 6.45) is 2.30. The molecule has 3 atom stereocenters. The van der Waals surface area contributed by atoms with Gasteiger partial charge in [-0.05, 0) is 37.2 Å². The summed E-state index contributed by atoms with van der Waals surface area (Å²) in [7, 11) is 0. The zero-order chi connectivity index (χ0) is 23.3. The standard InChI is InChI=1S/C18H33N5O6S/c1-10(2)8-13(18(28)29)22-15(25)9-21-17(27)12(4-5-14(20)24)23-16(26)11(19)6-7-30-3/h10-13H,4-9,19H2,1-3H3,(H2,20,24)(H,21,27)(H,22,25)(H,23,26)(H,28,29). The molecule has 0 saturated heterocycles. The third-order valence-corrected chi connectivity index (χ3v) is 4.69. The summed E-state index contributed by atoms with van der Waals surface area (Å²) in [4.78, 5) is 58.9. The number of carboxylic acids is 1. The zero-order valence-electron chi connectivity index (χ0n) is 17.6. The van der Waals surface area contributed by atoms with Gasteiger partial charge in [0.1, 0.15) is 12.1 Å². The molecule has 0 aromatic heterocycles. The lowest BCUT2D eigenvalue weighted by Gasteiger charge is -2.21. The Hall–Kier alpha value is -2.34. The molecule has 0 aromatic rings. The molecule has 0 aliphatic heterocycles. The summed E-state index contributed by atoms with van der Waals surface area (Å²) >= 11 is 1.52. The first kappa shape index (κ1) is 27.7. The lowest BCUT2D eigenvalue weighted by molar-refractivity contribution is -0.142. The number of carboxylic acid groups (broad SMARTS) is 1. The van der Waals surface area contributed by atoms with Crippen LogP contribution in [0.4, 0.5) is 0 Å². The second-order valence-corrected chi connectivity index (χ2v) is 8.25. The number of primary amides is 1. The first-order valence-corrected chi connectivity index (χ1v) is 11.0. The van der Waals surface area contributed by atoms with E-state index in [-0.39, 0.29) is 25.2 Å². The lowest BCUT2D eigenvalue weighted by atomic mass is 10.0. The van der Waals surface area contributed by atoms with Crippen LogP contribution in [0.3, 0.4) is 0 Å². The van der Waals surface area contributed by atoms with Gasteiger partial charge in [-0.25, -0.2) is 4.79 Å². The summed E-state index contributed by atoms with van der Waals surface area (Å²) in [6, 6.07) is -3.00. The average Bonchev–Trinajstić information content (AvgIpc) is 2.65. The normalized spacial score (nSPS) is 13.8. The van der Waals surface area contributed by atoms with E-state index < -0.39 is 54.3 Å². The molecule has 0 saturated carbocycles. The smallest absolute Gasteiger partial charge is 0.326 e. The molecule has 0 fully saturated rings. The van der Waals surface area contributed by atoms with Crippen molar-refractivity contribution in [1.82, 2.24) is 16.0 Å². The van der Waals surface area contributed by atoms with E-state index in [1.807, 2.05) is 20.1 Å². The number of hydrogen-bond acceptors (Lipinski definition) is 7. The minimum Gasteiger partial charge on any atom is -0.480 e. The van der Waals surface area contributed by atoms with E-state index in [0.29, 0.717) is 12.2 Å². The van der Waals surface area contributed by atoms with Gasteiger partial charge < -0.3 is 32.5 Å². The Balaban J connectivity index is 4.86. The number of aliphatic carboxylic acids is 1. The number of amides is 4. The van der Waals surface area contributed by atoms with Crippen molar-refractivity contribution in [3.63, 3.8) is 0 Å². The van der Waals surface area contributed by atoms with Gasteiger partial charge in [-0.15, -0.1) is 0 Å². The van der Waals surface area contributed by atoms with E-state index >= 15 is 0 Å². The number of nitrogens with one attached hydrogen (secondary N) is 3. The Morgan fingerprint density at radius 3 is 2.13 bits per heavy atom. The quantitative estimate of drug-likeness (QED) is 0.175. The van der Waals surface area contributed by atoms with Crippen LogP contribution in [0, 0.1) is 5.92 Å². The Bertz CT molecular complexity index is 616. The first-order chi connectivity index (χ1) is 14.0. The Morgan fingerprint density at radius 1 is 1.00 bits per heavy atom. The number of carbonyl (C=O) groups is 5. The van der Waals surface area contributed by atoms with Gasteiger partial charge >= 0.3 is 5.97 Å². The van der Waals surface area contributed by atoms with E-state index in [0.717, 1.165) is 0 Å². The van der Waals surface area contributed by atoms with Gasteiger partial charge in [-0.3, -0.25) is 19.2 Å². The van der Waals surface area contributed by atoms with Crippen LogP contribution < -0.4 is 27.4 Å². The van der Waals surface area contributed by atoms with Crippen LogP contribution in [0.2, 0.25) is 0 Å². The van der Waals surface area contributed by atoms with Crippen LogP contribution in [-0.2, 0) is 24.0 Å². The fourth-order valence-electron chi connectivity index (χ4n) is 2.44. The minimum atomic E-state index is -1.17. The van der Waals surface area contributed by atoms with E-state index in [4.69, 9.17) is 16.6 Å². The number of nitrogens with two attached hydrogens (primary N) is 2. The van der Waals surface area contributed by atoms with Gasteiger partial charge in [0.25, 0.3) is 0 Å². The van der Waals surface area contributed by atoms with Crippen molar-refractivity contribution in [2.75, 3.05) is 18.6 Å². The highest BCUT2D eigenvalue weighted by Gasteiger charge is 2.25. The van der Waals surface area contributed by atoms with Crippen molar-refractivity contribution in [3.8, 4) is 0 Å². The van der Waals surface area contributed by atoms with Crippen LogP contribution in [0.1, 0.15) is 39.5 Å². The lowest BCUT2D eigenvalue weighted by Crippen LogP contribution is -2.53. The molecule has 0 bridgehead atoms. The summed E-state index contributed by atoms with van der Waals surface area (Å²) in [5.74, 6) is -3.06. The van der Waals surface area contributed by atoms with Crippen molar-refractivity contribution in [1.29, 1.82) is 0 Å². The molecule has 0 heterocycles. The van der Waals surface area contributed by atoms with Gasteiger partial charge in [0.2, 0.25) is 23.6 Å². The molecule has 30 heavy (non-hydrogen) atoms. The zero-order valence-corrected chi connectivity index (χ0v) is 18.4. The largest absolute Gasteiger partial charge is 0.480 e. The second kappa shape index (κ2) is 14.6.